The third kappa shape index (κ3) is 1.86. The topological polar surface area (TPSA) is 17.1 Å². The molecule has 118 valence electrons. The van der Waals surface area contributed by atoms with Crippen molar-refractivity contribution in [3.05, 3.63) is 69.2 Å². The lowest BCUT2D eigenvalue weighted by molar-refractivity contribution is 0.517. The summed E-state index contributed by atoms with van der Waals surface area (Å²) in [6, 6.07) is 11.7. The normalized spacial score (nSPS) is 14.8. The number of halogens is 2. The summed E-state index contributed by atoms with van der Waals surface area (Å²) in [6.45, 7) is 0. The molecule has 0 unspecified atom stereocenters. The molecule has 1 aromatic heterocycles. The summed E-state index contributed by atoms with van der Waals surface area (Å²) in [6.07, 6.45) is 2.27. The molecule has 0 N–H and O–H groups in total. The van der Waals surface area contributed by atoms with Gasteiger partial charge in [-0.1, -0.05) is 24.3 Å². The SMILES string of the molecule is O=c1c2ccccc2c2sc(C3CC3)cc2c2c(F)c(F)ccc12. The second-order valence-electron chi connectivity index (χ2n) is 6.32. The molecule has 4 aromatic rings. The van der Waals surface area contributed by atoms with Crippen molar-refractivity contribution in [2.24, 2.45) is 0 Å². The van der Waals surface area contributed by atoms with Crippen molar-refractivity contribution in [3.8, 4) is 0 Å². The minimum Gasteiger partial charge on any atom is -0.289 e. The fourth-order valence-corrected chi connectivity index (χ4v) is 4.77. The zero-order valence-electron chi connectivity index (χ0n) is 12.6. The fourth-order valence-electron chi connectivity index (χ4n) is 3.39. The lowest BCUT2D eigenvalue weighted by Crippen LogP contribution is -2.00. The van der Waals surface area contributed by atoms with Gasteiger partial charge in [0, 0.05) is 36.5 Å². The second kappa shape index (κ2) is 4.84. The van der Waals surface area contributed by atoms with E-state index in [9.17, 15) is 13.6 Å². The molecule has 24 heavy (non-hydrogen) atoms. The molecule has 1 fully saturated rings. The first kappa shape index (κ1) is 14.1. The van der Waals surface area contributed by atoms with E-state index in [1.165, 1.54) is 10.9 Å². The van der Waals surface area contributed by atoms with Gasteiger partial charge in [0.15, 0.2) is 17.1 Å². The third-order valence-corrected chi connectivity index (χ3v) is 6.09. The standard InChI is InChI=1S/C20H12F2OS/c21-15-8-7-13-17(18(15)22)14-9-16(10-5-6-10)24-20(14)12-4-2-1-3-11(12)19(13)23/h1-4,7-10H,5-6H2. The van der Waals surface area contributed by atoms with Crippen LogP contribution < -0.4 is 5.43 Å². The first-order valence-corrected chi connectivity index (χ1v) is 8.73. The van der Waals surface area contributed by atoms with Gasteiger partial charge in [0.1, 0.15) is 0 Å². The van der Waals surface area contributed by atoms with Crippen LogP contribution in [0.3, 0.4) is 0 Å². The maximum Gasteiger partial charge on any atom is 0.194 e. The minimum absolute atomic E-state index is 0.106. The van der Waals surface area contributed by atoms with E-state index in [0.29, 0.717) is 16.7 Å². The summed E-state index contributed by atoms with van der Waals surface area (Å²) < 4.78 is 29.4. The van der Waals surface area contributed by atoms with E-state index >= 15 is 0 Å². The molecule has 0 bridgehead atoms. The molecule has 3 aromatic carbocycles. The smallest absolute Gasteiger partial charge is 0.194 e. The Morgan fingerprint density at radius 2 is 1.67 bits per heavy atom. The molecular formula is C20H12F2OS. The van der Waals surface area contributed by atoms with E-state index < -0.39 is 11.6 Å². The largest absolute Gasteiger partial charge is 0.289 e. The van der Waals surface area contributed by atoms with E-state index in [0.717, 1.165) is 29.0 Å². The first-order chi connectivity index (χ1) is 11.6. The number of benzene rings is 2. The van der Waals surface area contributed by atoms with Crippen molar-refractivity contribution >= 4 is 43.0 Å². The number of thiophene rings is 1. The fraction of sp³-hybridized carbons (Fsp3) is 0.150. The molecule has 1 aliphatic rings. The van der Waals surface area contributed by atoms with Crippen LogP contribution in [0.1, 0.15) is 23.6 Å². The van der Waals surface area contributed by atoms with Crippen LogP contribution >= 0.6 is 11.3 Å². The van der Waals surface area contributed by atoms with Crippen LogP contribution in [-0.4, -0.2) is 0 Å². The monoisotopic (exact) mass is 338 g/mol. The lowest BCUT2D eigenvalue weighted by atomic mass is 10.1. The van der Waals surface area contributed by atoms with E-state index in [4.69, 9.17) is 0 Å². The van der Waals surface area contributed by atoms with Gasteiger partial charge >= 0.3 is 0 Å². The summed E-state index contributed by atoms with van der Waals surface area (Å²) in [5, 5.41) is 2.35. The van der Waals surface area contributed by atoms with Gasteiger partial charge in [-0.05, 0) is 37.0 Å². The maximum absolute atomic E-state index is 14.6. The van der Waals surface area contributed by atoms with Gasteiger partial charge in [-0.15, -0.1) is 11.3 Å². The maximum atomic E-state index is 14.6. The third-order valence-electron chi connectivity index (χ3n) is 4.76. The van der Waals surface area contributed by atoms with Gasteiger partial charge < -0.3 is 0 Å². The summed E-state index contributed by atoms with van der Waals surface area (Å²) in [7, 11) is 0. The Morgan fingerprint density at radius 3 is 2.42 bits per heavy atom. The van der Waals surface area contributed by atoms with Crippen molar-refractivity contribution < 1.29 is 8.78 Å². The molecule has 0 radical (unpaired) electrons. The predicted octanol–water partition coefficient (Wildman–Crippen LogP) is 5.72. The molecule has 0 saturated heterocycles. The molecule has 4 heteroatoms. The van der Waals surface area contributed by atoms with Crippen LogP contribution in [0.5, 0.6) is 0 Å². The highest BCUT2D eigenvalue weighted by atomic mass is 32.1. The van der Waals surface area contributed by atoms with Gasteiger partial charge in [-0.25, -0.2) is 8.78 Å². The highest BCUT2D eigenvalue weighted by Crippen LogP contribution is 2.47. The van der Waals surface area contributed by atoms with Gasteiger partial charge in [-0.3, -0.25) is 4.79 Å². The molecule has 0 amide bonds. The van der Waals surface area contributed by atoms with Crippen LogP contribution in [0.25, 0.3) is 31.6 Å². The molecule has 0 spiro atoms. The van der Waals surface area contributed by atoms with Crippen LogP contribution in [0.15, 0.2) is 47.3 Å². The summed E-state index contributed by atoms with van der Waals surface area (Å²) in [5.74, 6) is -1.34. The molecule has 1 aliphatic carbocycles. The van der Waals surface area contributed by atoms with Crippen molar-refractivity contribution in [1.82, 2.24) is 0 Å². The Kier molecular flexibility index (Phi) is 2.83. The molecule has 1 nitrogen and oxygen atoms in total. The van der Waals surface area contributed by atoms with Gasteiger partial charge in [0.05, 0.1) is 0 Å². The zero-order valence-corrected chi connectivity index (χ0v) is 13.4. The molecule has 5 rings (SSSR count). The average molecular weight is 338 g/mol. The van der Waals surface area contributed by atoms with Crippen LogP contribution in [0.4, 0.5) is 8.78 Å². The van der Waals surface area contributed by atoms with Crippen LogP contribution in [0, 0.1) is 11.6 Å². The molecule has 0 aliphatic heterocycles. The zero-order chi connectivity index (χ0) is 16.4. The Balaban J connectivity index is 2.16. The molecular weight excluding hydrogens is 326 g/mol. The van der Waals surface area contributed by atoms with E-state index in [-0.39, 0.29) is 16.2 Å². The van der Waals surface area contributed by atoms with Crippen molar-refractivity contribution in [2.45, 2.75) is 18.8 Å². The Bertz CT molecular complexity index is 1210. The highest BCUT2D eigenvalue weighted by molar-refractivity contribution is 7.20. The van der Waals surface area contributed by atoms with E-state index in [1.54, 1.807) is 23.5 Å². The number of hydrogen-bond acceptors (Lipinski definition) is 2. The summed E-state index contributed by atoms with van der Waals surface area (Å²) >= 11 is 1.60. The van der Waals surface area contributed by atoms with Gasteiger partial charge in [0.2, 0.25) is 0 Å². The number of rotatable bonds is 1. The van der Waals surface area contributed by atoms with Crippen molar-refractivity contribution in [3.63, 3.8) is 0 Å². The lowest BCUT2D eigenvalue weighted by Gasteiger charge is -1.97. The van der Waals surface area contributed by atoms with Crippen LogP contribution in [0.2, 0.25) is 0 Å². The molecule has 0 atom stereocenters. The Hall–Kier alpha value is -2.33. The van der Waals surface area contributed by atoms with E-state index in [2.05, 4.69) is 0 Å². The van der Waals surface area contributed by atoms with E-state index in [1.807, 2.05) is 18.2 Å². The van der Waals surface area contributed by atoms with Crippen molar-refractivity contribution in [1.29, 1.82) is 0 Å². The predicted molar refractivity (Wildman–Crippen MR) is 95.0 cm³/mol. The quantitative estimate of drug-likeness (QED) is 0.433. The van der Waals surface area contributed by atoms with Crippen molar-refractivity contribution in [2.75, 3.05) is 0 Å². The molecule has 1 saturated carbocycles. The summed E-state index contributed by atoms with van der Waals surface area (Å²) in [5.41, 5.74) is -0.254. The highest BCUT2D eigenvalue weighted by Gasteiger charge is 2.27. The van der Waals surface area contributed by atoms with Crippen LogP contribution in [-0.2, 0) is 0 Å². The molecule has 1 heterocycles. The number of hydrogen-bond donors (Lipinski definition) is 0. The average Bonchev–Trinajstić information content (AvgIpc) is 3.37. The Morgan fingerprint density at radius 1 is 0.917 bits per heavy atom. The Labute approximate surface area is 140 Å². The van der Waals surface area contributed by atoms with Gasteiger partial charge in [0.25, 0.3) is 0 Å². The first-order valence-electron chi connectivity index (χ1n) is 7.91. The number of fused-ring (bicyclic) bond motifs is 5. The second-order valence-corrected chi connectivity index (χ2v) is 7.41. The summed E-state index contributed by atoms with van der Waals surface area (Å²) in [4.78, 5) is 14.1. The minimum atomic E-state index is -0.935. The van der Waals surface area contributed by atoms with Gasteiger partial charge in [-0.2, -0.15) is 0 Å².